The molecule has 0 saturated carbocycles. The smallest absolute Gasteiger partial charge is 0 e. The van der Waals surface area contributed by atoms with Crippen molar-refractivity contribution in [3.05, 3.63) is 66.7 Å². The normalized spacial score (nSPS) is 7.69. The Hall–Kier alpha value is -1.04. The molecule has 2 aromatic carbocycles. The fourth-order valence-corrected chi connectivity index (χ4v) is 0.511. The standard InChI is InChI=1S/C7H3.C5H.Fe/c1-2-7-5-3-4-6-7;1-2-4-5-3-1;/h2H,1H2;1H;/q2*-5;. The van der Waals surface area contributed by atoms with Crippen molar-refractivity contribution in [2.45, 2.75) is 0 Å². The van der Waals surface area contributed by atoms with E-state index in [0.29, 0.717) is 0 Å². The molecule has 0 saturated heterocycles. The second-order valence-corrected chi connectivity index (χ2v) is 1.80. The van der Waals surface area contributed by atoms with E-state index in [2.05, 4.69) is 55.1 Å². The molecule has 70 valence electrons. The van der Waals surface area contributed by atoms with Gasteiger partial charge >= 0.3 is 0 Å². The molecule has 0 aliphatic rings. The zero-order valence-electron chi connectivity index (χ0n) is 6.72. The van der Waals surface area contributed by atoms with Crippen LogP contribution in [0.5, 0.6) is 0 Å². The maximum atomic E-state index is 3.50. The fraction of sp³-hybridized carbons (Fsp3) is 0. The summed E-state index contributed by atoms with van der Waals surface area (Å²) < 4.78 is 0. The molecule has 13 heavy (non-hydrogen) atoms. The maximum Gasteiger partial charge on any atom is 0 e. The van der Waals surface area contributed by atoms with Crippen LogP contribution in [0.2, 0.25) is 0 Å². The van der Waals surface area contributed by atoms with E-state index < -0.39 is 0 Å². The monoisotopic (exact) mass is 204 g/mol. The first-order valence-electron chi connectivity index (χ1n) is 3.27. The third-order valence-electron chi connectivity index (χ3n) is 1.01. The van der Waals surface area contributed by atoms with E-state index in [4.69, 9.17) is 0 Å². The van der Waals surface area contributed by atoms with Gasteiger partial charge in [-0.3, -0.25) is 0 Å². The van der Waals surface area contributed by atoms with Crippen LogP contribution in [0, 0.1) is 48.5 Å². The topological polar surface area (TPSA) is 0 Å². The first-order chi connectivity index (χ1) is 5.93. The third kappa shape index (κ3) is 5.24. The summed E-state index contributed by atoms with van der Waals surface area (Å²) in [6, 6.07) is 22.7. The second-order valence-electron chi connectivity index (χ2n) is 1.80. The summed E-state index contributed by atoms with van der Waals surface area (Å²) in [7, 11) is 0. The summed E-state index contributed by atoms with van der Waals surface area (Å²) in [5, 5.41) is 0. The largest absolute Gasteiger partial charge is 0.999 e. The molecular weight excluding hydrogens is 200 g/mol. The third-order valence-corrected chi connectivity index (χ3v) is 1.01. The van der Waals surface area contributed by atoms with Crippen molar-refractivity contribution in [1.82, 2.24) is 0 Å². The average molecular weight is 204 g/mol. The van der Waals surface area contributed by atoms with Crippen LogP contribution in [0.4, 0.5) is 0 Å². The van der Waals surface area contributed by atoms with Crippen LogP contribution in [0.25, 0.3) is 6.08 Å². The van der Waals surface area contributed by atoms with Gasteiger partial charge in [0.25, 0.3) is 0 Å². The predicted octanol–water partition coefficient (Wildman–Crippen LogP) is 1.85. The first kappa shape index (κ1) is 12.0. The van der Waals surface area contributed by atoms with Gasteiger partial charge in [-0.25, -0.2) is 0 Å². The van der Waals surface area contributed by atoms with Crippen LogP contribution >= 0.6 is 0 Å². The van der Waals surface area contributed by atoms with Gasteiger partial charge in [0.15, 0.2) is 0 Å². The van der Waals surface area contributed by atoms with Crippen molar-refractivity contribution >= 4 is 6.08 Å². The molecule has 0 nitrogen and oxygen atoms in total. The molecular formula is C12H4Fe-10. The molecule has 0 N–H and O–H groups in total. The van der Waals surface area contributed by atoms with E-state index in [1.54, 1.807) is 12.1 Å². The van der Waals surface area contributed by atoms with E-state index in [1.165, 1.54) is 0 Å². The Morgan fingerprint density at radius 2 is 1.54 bits per heavy atom. The molecule has 0 spiro atoms. The van der Waals surface area contributed by atoms with E-state index in [1.807, 2.05) is 0 Å². The summed E-state index contributed by atoms with van der Waals surface area (Å²) in [6.45, 7) is 3.50. The van der Waals surface area contributed by atoms with Gasteiger partial charge in [-0.05, 0) is 0 Å². The maximum absolute atomic E-state index is 3.50. The fourth-order valence-electron chi connectivity index (χ4n) is 0.511. The Kier molecular flexibility index (Phi) is 6.99. The van der Waals surface area contributed by atoms with Crippen molar-refractivity contribution in [3.8, 4) is 0 Å². The van der Waals surface area contributed by atoms with E-state index in [0.717, 1.165) is 5.56 Å². The summed E-state index contributed by atoms with van der Waals surface area (Å²) in [4.78, 5) is 0. The molecule has 0 atom stereocenters. The molecule has 0 fully saturated rings. The molecule has 0 radical (unpaired) electrons. The number of hydrogen-bond donors (Lipinski definition) is 0. The van der Waals surface area contributed by atoms with Gasteiger partial charge < -0.3 is 72.8 Å². The minimum absolute atomic E-state index is 0. The van der Waals surface area contributed by atoms with Crippen molar-refractivity contribution in [3.63, 3.8) is 0 Å². The quantitative estimate of drug-likeness (QED) is 0.491. The molecule has 1 heteroatoms. The molecule has 0 heterocycles. The first-order valence-corrected chi connectivity index (χ1v) is 3.27. The van der Waals surface area contributed by atoms with Gasteiger partial charge in [-0.15, -0.1) is 0 Å². The zero-order chi connectivity index (χ0) is 8.65. The van der Waals surface area contributed by atoms with Crippen molar-refractivity contribution in [1.29, 1.82) is 0 Å². The van der Waals surface area contributed by atoms with Crippen LogP contribution in [-0.4, -0.2) is 0 Å². The van der Waals surface area contributed by atoms with Crippen LogP contribution in [0.1, 0.15) is 5.56 Å². The van der Waals surface area contributed by atoms with Gasteiger partial charge in [-0.2, -0.15) is 0 Å². The average Bonchev–Trinajstić information content (AvgIpc) is 2.81. The van der Waals surface area contributed by atoms with E-state index >= 15 is 0 Å². The summed E-state index contributed by atoms with van der Waals surface area (Å²) >= 11 is 0. The zero-order valence-corrected chi connectivity index (χ0v) is 7.82. The van der Waals surface area contributed by atoms with E-state index in [-0.39, 0.29) is 17.1 Å². The van der Waals surface area contributed by atoms with Crippen LogP contribution in [0.15, 0.2) is 12.6 Å². The van der Waals surface area contributed by atoms with Crippen molar-refractivity contribution in [2.75, 3.05) is 0 Å². The predicted molar refractivity (Wildman–Crippen MR) is 44.8 cm³/mol. The number of hydrogen-bond acceptors (Lipinski definition) is 0. The van der Waals surface area contributed by atoms with Crippen LogP contribution < -0.4 is 0 Å². The second kappa shape index (κ2) is 7.60. The Bertz CT molecular complexity index is 260. The summed E-state index contributed by atoms with van der Waals surface area (Å²) in [5.41, 5.74) is 0.833. The SMILES string of the molecule is C=C[c-]1[c-][c-][c-][c-]1.[Fe].[c-]1[c-][c-][cH-][c-]1. The van der Waals surface area contributed by atoms with Gasteiger partial charge in [0.2, 0.25) is 0 Å². The Morgan fingerprint density at radius 3 is 1.77 bits per heavy atom. The van der Waals surface area contributed by atoms with Crippen molar-refractivity contribution in [2.24, 2.45) is 0 Å². The summed E-state index contributed by atoms with van der Waals surface area (Å²) in [5.74, 6) is 0. The molecule has 0 aromatic heterocycles. The summed E-state index contributed by atoms with van der Waals surface area (Å²) in [6.07, 6.45) is 1.66. The minimum Gasteiger partial charge on any atom is -0.999 e. The number of rotatable bonds is 1. The molecule has 0 amide bonds. The Morgan fingerprint density at radius 1 is 1.00 bits per heavy atom. The minimum atomic E-state index is 0. The Labute approximate surface area is 90.1 Å². The van der Waals surface area contributed by atoms with Gasteiger partial charge in [0, 0.05) is 17.1 Å². The van der Waals surface area contributed by atoms with E-state index in [9.17, 15) is 0 Å². The van der Waals surface area contributed by atoms with Crippen molar-refractivity contribution < 1.29 is 17.1 Å². The van der Waals surface area contributed by atoms with Gasteiger partial charge in [-0.1, -0.05) is 0 Å². The van der Waals surface area contributed by atoms with Gasteiger partial charge in [0.1, 0.15) is 0 Å². The molecule has 0 aliphatic heterocycles. The van der Waals surface area contributed by atoms with Crippen LogP contribution in [-0.2, 0) is 17.1 Å². The van der Waals surface area contributed by atoms with Crippen LogP contribution in [0.3, 0.4) is 0 Å². The Balaban J connectivity index is 0.000000215. The molecule has 0 aliphatic carbocycles. The molecule has 2 rings (SSSR count). The molecule has 0 unspecified atom stereocenters. The molecule has 0 bridgehead atoms. The van der Waals surface area contributed by atoms with Gasteiger partial charge in [0.05, 0.1) is 0 Å². The molecule has 2 aromatic rings.